The van der Waals surface area contributed by atoms with Crippen molar-refractivity contribution in [3.63, 3.8) is 0 Å². The Morgan fingerprint density at radius 3 is 2.83 bits per heavy atom. The van der Waals surface area contributed by atoms with E-state index in [1.807, 2.05) is 19.9 Å². The van der Waals surface area contributed by atoms with E-state index in [0.717, 1.165) is 22.7 Å². The lowest BCUT2D eigenvalue weighted by atomic mass is 10.4. The zero-order chi connectivity index (χ0) is 16.6. The molecule has 0 bridgehead atoms. The lowest BCUT2D eigenvalue weighted by Gasteiger charge is -1.97. The van der Waals surface area contributed by atoms with Crippen LogP contribution in [0.5, 0.6) is 0 Å². The van der Waals surface area contributed by atoms with Gasteiger partial charge in [0.15, 0.2) is 5.13 Å². The summed E-state index contributed by atoms with van der Waals surface area (Å²) in [6, 6.07) is 1.84. The molecule has 3 heterocycles. The summed E-state index contributed by atoms with van der Waals surface area (Å²) in [5.74, 6) is -0.717. The third-order valence-electron chi connectivity index (χ3n) is 2.93. The molecule has 0 aliphatic carbocycles. The normalized spacial score (nSPS) is 10.7. The van der Waals surface area contributed by atoms with Crippen LogP contribution in [0, 0.1) is 13.8 Å². The molecule has 0 spiro atoms. The molecule has 3 aromatic rings. The lowest BCUT2D eigenvalue weighted by Crippen LogP contribution is -2.13. The molecule has 23 heavy (non-hydrogen) atoms. The van der Waals surface area contributed by atoms with Gasteiger partial charge in [0, 0.05) is 11.4 Å². The van der Waals surface area contributed by atoms with Gasteiger partial charge in [-0.3, -0.25) is 10.1 Å². The van der Waals surface area contributed by atoms with E-state index in [0.29, 0.717) is 10.7 Å². The minimum Gasteiger partial charge on any atom is -0.465 e. The molecule has 3 rings (SSSR count). The number of aromatic nitrogens is 5. The quantitative estimate of drug-likeness (QED) is 0.718. The van der Waals surface area contributed by atoms with Crippen molar-refractivity contribution in [1.82, 2.24) is 24.6 Å². The molecule has 118 valence electrons. The van der Waals surface area contributed by atoms with Gasteiger partial charge in [-0.05, 0) is 19.9 Å². The van der Waals surface area contributed by atoms with Crippen LogP contribution in [-0.4, -0.2) is 43.6 Å². The number of carbonyl (C=O) groups excluding carboxylic acids is 2. The minimum absolute atomic E-state index is 0.0268. The first-order valence-corrected chi connectivity index (χ1v) is 7.36. The Hall–Kier alpha value is -2.88. The van der Waals surface area contributed by atoms with Crippen LogP contribution in [0.4, 0.5) is 5.13 Å². The summed E-state index contributed by atoms with van der Waals surface area (Å²) in [5, 5.41) is 6.93. The molecule has 0 fully saturated rings. The maximum absolute atomic E-state index is 12.2. The number of esters is 1. The molecule has 0 aliphatic heterocycles. The number of methoxy groups -OCH3 is 1. The summed E-state index contributed by atoms with van der Waals surface area (Å²) in [6.07, 6.45) is 1.33. The van der Waals surface area contributed by atoms with Crippen LogP contribution in [0.25, 0.3) is 5.78 Å². The predicted octanol–water partition coefficient (Wildman–Crippen LogP) is 1.24. The molecule has 3 aromatic heterocycles. The van der Waals surface area contributed by atoms with E-state index in [-0.39, 0.29) is 11.0 Å². The molecule has 9 nitrogen and oxygen atoms in total. The fourth-order valence-corrected chi connectivity index (χ4v) is 2.67. The SMILES string of the molecule is COC(=O)c1cnc(NC(=O)c2nc3nc(C)cc(C)n3n2)s1. The van der Waals surface area contributed by atoms with E-state index >= 15 is 0 Å². The van der Waals surface area contributed by atoms with Crippen LogP contribution < -0.4 is 5.32 Å². The Morgan fingerprint density at radius 1 is 1.30 bits per heavy atom. The van der Waals surface area contributed by atoms with Crippen LogP contribution in [0.1, 0.15) is 31.7 Å². The fourth-order valence-electron chi connectivity index (χ4n) is 1.94. The molecular formula is C13H12N6O3S. The van der Waals surface area contributed by atoms with Gasteiger partial charge in [0.25, 0.3) is 11.7 Å². The maximum atomic E-state index is 12.2. The van der Waals surface area contributed by atoms with Gasteiger partial charge in [-0.1, -0.05) is 11.3 Å². The standard InChI is InChI=1S/C13H12N6O3S/c1-6-4-7(2)19-12(15-6)16-9(18-19)10(20)17-13-14-5-8(23-13)11(21)22-3/h4-5H,1-3H3,(H,14,17,20). The predicted molar refractivity (Wildman–Crippen MR) is 81.7 cm³/mol. The largest absolute Gasteiger partial charge is 0.465 e. The van der Waals surface area contributed by atoms with Gasteiger partial charge < -0.3 is 4.74 Å². The van der Waals surface area contributed by atoms with Crippen molar-refractivity contribution in [2.75, 3.05) is 12.4 Å². The summed E-state index contributed by atoms with van der Waals surface area (Å²) >= 11 is 1.01. The number of thiazole rings is 1. The Morgan fingerprint density at radius 2 is 2.09 bits per heavy atom. The third-order valence-corrected chi connectivity index (χ3v) is 3.83. The molecule has 0 saturated heterocycles. The van der Waals surface area contributed by atoms with Crippen molar-refractivity contribution >= 4 is 34.1 Å². The number of carbonyl (C=O) groups is 2. The number of ether oxygens (including phenoxy) is 1. The van der Waals surface area contributed by atoms with E-state index in [1.54, 1.807) is 0 Å². The number of aryl methyl sites for hydroxylation is 2. The number of anilines is 1. The summed E-state index contributed by atoms with van der Waals surface area (Å²) in [6.45, 7) is 3.69. The third kappa shape index (κ3) is 2.88. The van der Waals surface area contributed by atoms with Gasteiger partial charge >= 0.3 is 5.97 Å². The molecule has 0 saturated carbocycles. The topological polar surface area (TPSA) is 111 Å². The minimum atomic E-state index is -0.529. The zero-order valence-electron chi connectivity index (χ0n) is 12.5. The van der Waals surface area contributed by atoms with E-state index in [9.17, 15) is 9.59 Å². The van der Waals surface area contributed by atoms with E-state index in [4.69, 9.17) is 0 Å². The van der Waals surface area contributed by atoms with Gasteiger partial charge in [0.1, 0.15) is 4.88 Å². The van der Waals surface area contributed by atoms with Crippen LogP contribution in [0.3, 0.4) is 0 Å². The van der Waals surface area contributed by atoms with Crippen molar-refractivity contribution in [3.8, 4) is 0 Å². The number of rotatable bonds is 3. The summed E-state index contributed by atoms with van der Waals surface area (Å²) < 4.78 is 6.08. The molecular weight excluding hydrogens is 320 g/mol. The lowest BCUT2D eigenvalue weighted by molar-refractivity contribution is 0.0606. The highest BCUT2D eigenvalue weighted by Crippen LogP contribution is 2.19. The van der Waals surface area contributed by atoms with Crippen LogP contribution in [0.2, 0.25) is 0 Å². The van der Waals surface area contributed by atoms with Crippen LogP contribution in [0.15, 0.2) is 12.3 Å². The van der Waals surface area contributed by atoms with E-state index in [1.165, 1.54) is 17.8 Å². The highest BCUT2D eigenvalue weighted by atomic mass is 32.1. The number of nitrogens with zero attached hydrogens (tertiary/aromatic N) is 5. The van der Waals surface area contributed by atoms with Gasteiger partial charge in [0.05, 0.1) is 13.3 Å². The molecule has 0 aromatic carbocycles. The molecule has 1 N–H and O–H groups in total. The average Bonchev–Trinajstić information content (AvgIpc) is 3.13. The summed E-state index contributed by atoms with van der Waals surface area (Å²) in [4.78, 5) is 36.1. The molecule has 10 heteroatoms. The smallest absolute Gasteiger partial charge is 0.349 e. The molecule has 0 aliphatic rings. The van der Waals surface area contributed by atoms with Crippen LogP contribution in [-0.2, 0) is 4.74 Å². The first-order chi connectivity index (χ1) is 11.0. The maximum Gasteiger partial charge on any atom is 0.349 e. The second-order valence-electron chi connectivity index (χ2n) is 4.66. The Bertz CT molecular complexity index is 916. The zero-order valence-corrected chi connectivity index (χ0v) is 13.3. The highest BCUT2D eigenvalue weighted by Gasteiger charge is 2.18. The van der Waals surface area contributed by atoms with Gasteiger partial charge in [-0.2, -0.15) is 4.98 Å². The van der Waals surface area contributed by atoms with Gasteiger partial charge in [-0.15, -0.1) is 5.10 Å². The van der Waals surface area contributed by atoms with Crippen molar-refractivity contribution in [1.29, 1.82) is 0 Å². The fraction of sp³-hybridized carbons (Fsp3) is 0.231. The van der Waals surface area contributed by atoms with Crippen molar-refractivity contribution in [2.24, 2.45) is 0 Å². The Labute approximate surface area is 134 Å². The monoisotopic (exact) mass is 332 g/mol. The molecule has 1 amide bonds. The van der Waals surface area contributed by atoms with E-state index < -0.39 is 11.9 Å². The van der Waals surface area contributed by atoms with Gasteiger partial charge in [-0.25, -0.2) is 19.3 Å². The Balaban J connectivity index is 1.84. The average molecular weight is 332 g/mol. The second-order valence-corrected chi connectivity index (χ2v) is 5.69. The first-order valence-electron chi connectivity index (χ1n) is 6.54. The summed E-state index contributed by atoms with van der Waals surface area (Å²) in [5.41, 5.74) is 1.61. The Kier molecular flexibility index (Phi) is 3.74. The van der Waals surface area contributed by atoms with Gasteiger partial charge in [0.2, 0.25) is 5.82 Å². The molecule has 0 radical (unpaired) electrons. The van der Waals surface area contributed by atoms with E-state index in [2.05, 4.69) is 30.1 Å². The number of nitrogens with one attached hydrogen (secondary N) is 1. The molecule has 0 unspecified atom stereocenters. The number of fused-ring (bicyclic) bond motifs is 1. The second kappa shape index (κ2) is 5.72. The first kappa shape index (κ1) is 15.0. The van der Waals surface area contributed by atoms with Crippen molar-refractivity contribution < 1.29 is 14.3 Å². The van der Waals surface area contributed by atoms with Crippen LogP contribution >= 0.6 is 11.3 Å². The number of hydrogen-bond donors (Lipinski definition) is 1. The molecule has 0 atom stereocenters. The summed E-state index contributed by atoms with van der Waals surface area (Å²) in [7, 11) is 1.28. The number of amides is 1. The van der Waals surface area contributed by atoms with Crippen molar-refractivity contribution in [3.05, 3.63) is 34.4 Å². The number of hydrogen-bond acceptors (Lipinski definition) is 8. The van der Waals surface area contributed by atoms with Crippen molar-refractivity contribution in [2.45, 2.75) is 13.8 Å². The highest BCUT2D eigenvalue weighted by molar-refractivity contribution is 7.17.